The molecule has 1 aromatic carbocycles. The third kappa shape index (κ3) is 3.28. The van der Waals surface area contributed by atoms with Gasteiger partial charge >= 0.3 is 0 Å². The first-order chi connectivity index (χ1) is 10.7. The van der Waals surface area contributed by atoms with Crippen LogP contribution in [0.25, 0.3) is 6.08 Å². The first-order valence-electron chi connectivity index (χ1n) is 7.44. The van der Waals surface area contributed by atoms with Crippen molar-refractivity contribution in [1.29, 1.82) is 0 Å². The van der Waals surface area contributed by atoms with Crippen LogP contribution in [-0.4, -0.2) is 17.6 Å². The van der Waals surface area contributed by atoms with Crippen molar-refractivity contribution < 1.29 is 14.3 Å². The van der Waals surface area contributed by atoms with Crippen molar-refractivity contribution in [3.05, 3.63) is 66.1 Å². The summed E-state index contributed by atoms with van der Waals surface area (Å²) in [4.78, 5) is 11.9. The number of nitrogens with one attached hydrogen (secondary N) is 1. The molecule has 22 heavy (non-hydrogen) atoms. The number of furan rings is 1. The minimum atomic E-state index is -0.986. The zero-order valence-electron chi connectivity index (χ0n) is 12.2. The van der Waals surface area contributed by atoms with E-state index < -0.39 is 5.60 Å². The molecule has 0 spiro atoms. The van der Waals surface area contributed by atoms with Crippen LogP contribution in [0.3, 0.4) is 0 Å². The molecule has 1 heterocycles. The van der Waals surface area contributed by atoms with Crippen LogP contribution in [0.15, 0.2) is 59.4 Å². The molecule has 1 saturated carbocycles. The molecule has 1 aliphatic rings. The lowest BCUT2D eigenvalue weighted by molar-refractivity contribution is -0.118. The number of carbonyl (C=O) groups is 1. The fourth-order valence-electron chi connectivity index (χ4n) is 2.59. The lowest BCUT2D eigenvalue weighted by atomic mass is 9.88. The number of benzene rings is 1. The summed E-state index contributed by atoms with van der Waals surface area (Å²) in [5.41, 5.74) is 0.702. The Morgan fingerprint density at radius 2 is 2.09 bits per heavy atom. The van der Waals surface area contributed by atoms with E-state index in [4.69, 9.17) is 4.42 Å². The van der Waals surface area contributed by atoms with Crippen LogP contribution in [0.2, 0.25) is 0 Å². The number of carbonyl (C=O) groups excluding carboxylic acids is 1. The van der Waals surface area contributed by atoms with Crippen LogP contribution in [-0.2, 0) is 10.4 Å². The molecular formula is C18H19NO3. The minimum absolute atomic E-state index is 0.216. The van der Waals surface area contributed by atoms with Gasteiger partial charge in [-0.2, -0.15) is 0 Å². The van der Waals surface area contributed by atoms with Gasteiger partial charge in [0.15, 0.2) is 0 Å². The fraction of sp³-hybridized carbons (Fsp3) is 0.278. The fourth-order valence-corrected chi connectivity index (χ4v) is 2.59. The second-order valence-electron chi connectivity index (χ2n) is 5.67. The van der Waals surface area contributed by atoms with E-state index in [-0.39, 0.29) is 18.4 Å². The number of hydrogen-bond acceptors (Lipinski definition) is 3. The van der Waals surface area contributed by atoms with E-state index in [9.17, 15) is 9.90 Å². The summed E-state index contributed by atoms with van der Waals surface area (Å²) < 4.78 is 4.94. The highest BCUT2D eigenvalue weighted by molar-refractivity contribution is 5.91. The average Bonchev–Trinajstić information content (AvgIpc) is 3.29. The largest absolute Gasteiger partial charge is 0.472 e. The third-order valence-electron chi connectivity index (χ3n) is 4.03. The highest BCUT2D eigenvalue weighted by Crippen LogP contribution is 2.45. The first-order valence-corrected chi connectivity index (χ1v) is 7.44. The second kappa shape index (κ2) is 6.20. The minimum Gasteiger partial charge on any atom is -0.472 e. The Kier molecular flexibility index (Phi) is 4.11. The van der Waals surface area contributed by atoms with Crippen LogP contribution in [0.4, 0.5) is 0 Å². The van der Waals surface area contributed by atoms with Gasteiger partial charge in [0.1, 0.15) is 5.60 Å². The molecular weight excluding hydrogens is 278 g/mol. The van der Waals surface area contributed by atoms with Gasteiger partial charge in [-0.3, -0.25) is 4.79 Å². The summed E-state index contributed by atoms with van der Waals surface area (Å²) in [5, 5.41) is 13.8. The normalized spacial score (nSPS) is 17.3. The predicted octanol–water partition coefficient (Wildman–Crippen LogP) is 2.71. The Labute approximate surface area is 129 Å². The van der Waals surface area contributed by atoms with Crippen molar-refractivity contribution in [2.45, 2.75) is 18.4 Å². The molecule has 0 radical (unpaired) electrons. The summed E-state index contributed by atoms with van der Waals surface area (Å²) in [5.74, 6) is -0.00994. The number of amides is 1. The van der Waals surface area contributed by atoms with E-state index in [0.29, 0.717) is 0 Å². The standard InChI is InChI=1S/C18H19NO3/c20-17(9-6-14-10-11-22-12-14)19-13-18(21,16-7-8-16)15-4-2-1-3-5-15/h1-6,9-12,16,21H,7-8,13H2,(H,19,20). The maximum absolute atomic E-state index is 11.9. The van der Waals surface area contributed by atoms with E-state index in [1.165, 1.54) is 6.08 Å². The Bertz CT molecular complexity index is 644. The van der Waals surface area contributed by atoms with Crippen LogP contribution < -0.4 is 5.32 Å². The maximum Gasteiger partial charge on any atom is 0.244 e. The average molecular weight is 297 g/mol. The molecule has 4 nitrogen and oxygen atoms in total. The Morgan fingerprint density at radius 3 is 2.73 bits per heavy atom. The highest BCUT2D eigenvalue weighted by atomic mass is 16.3. The van der Waals surface area contributed by atoms with Gasteiger partial charge in [0.25, 0.3) is 0 Å². The molecule has 0 aliphatic heterocycles. The van der Waals surface area contributed by atoms with E-state index >= 15 is 0 Å². The van der Waals surface area contributed by atoms with Crippen molar-refractivity contribution in [3.8, 4) is 0 Å². The number of hydrogen-bond donors (Lipinski definition) is 2. The van der Waals surface area contributed by atoms with Gasteiger partial charge < -0.3 is 14.8 Å². The predicted molar refractivity (Wildman–Crippen MR) is 83.8 cm³/mol. The molecule has 0 saturated heterocycles. The monoisotopic (exact) mass is 297 g/mol. The van der Waals surface area contributed by atoms with Gasteiger partial charge in [0, 0.05) is 11.6 Å². The van der Waals surface area contributed by atoms with Gasteiger partial charge in [0.2, 0.25) is 5.91 Å². The van der Waals surface area contributed by atoms with E-state index in [1.807, 2.05) is 30.3 Å². The molecule has 114 valence electrons. The molecule has 1 unspecified atom stereocenters. The summed E-state index contributed by atoms with van der Waals surface area (Å²) >= 11 is 0. The molecule has 0 bridgehead atoms. The maximum atomic E-state index is 11.9. The van der Waals surface area contributed by atoms with Crippen molar-refractivity contribution >= 4 is 12.0 Å². The van der Waals surface area contributed by atoms with E-state index in [0.717, 1.165) is 24.0 Å². The molecule has 2 N–H and O–H groups in total. The number of rotatable bonds is 6. The van der Waals surface area contributed by atoms with Gasteiger partial charge in [0.05, 0.1) is 19.1 Å². The molecule has 1 fully saturated rings. The lowest BCUT2D eigenvalue weighted by Gasteiger charge is -2.29. The smallest absolute Gasteiger partial charge is 0.244 e. The van der Waals surface area contributed by atoms with Gasteiger partial charge in [-0.1, -0.05) is 30.3 Å². The van der Waals surface area contributed by atoms with Crippen molar-refractivity contribution in [3.63, 3.8) is 0 Å². The molecule has 1 amide bonds. The van der Waals surface area contributed by atoms with Crippen molar-refractivity contribution in [2.75, 3.05) is 6.54 Å². The quantitative estimate of drug-likeness (QED) is 0.806. The Morgan fingerprint density at radius 1 is 1.32 bits per heavy atom. The molecule has 4 heteroatoms. The summed E-state index contributed by atoms with van der Waals surface area (Å²) in [6, 6.07) is 11.3. The Hall–Kier alpha value is -2.33. The summed E-state index contributed by atoms with van der Waals surface area (Å²) in [6.07, 6.45) is 8.23. The number of aliphatic hydroxyl groups is 1. The van der Waals surface area contributed by atoms with Crippen LogP contribution in [0, 0.1) is 5.92 Å². The molecule has 3 rings (SSSR count). The third-order valence-corrected chi connectivity index (χ3v) is 4.03. The summed E-state index contributed by atoms with van der Waals surface area (Å²) in [7, 11) is 0. The molecule has 2 aromatic rings. The zero-order chi connectivity index (χ0) is 15.4. The van der Waals surface area contributed by atoms with Gasteiger partial charge in [-0.05, 0) is 36.5 Å². The lowest BCUT2D eigenvalue weighted by Crippen LogP contribution is -2.42. The molecule has 1 atom stereocenters. The SMILES string of the molecule is O=C(C=Cc1ccoc1)NCC(O)(c1ccccc1)C1CC1. The first kappa shape index (κ1) is 14.6. The molecule has 1 aliphatic carbocycles. The second-order valence-corrected chi connectivity index (χ2v) is 5.67. The Balaban J connectivity index is 1.64. The van der Waals surface area contributed by atoms with Crippen molar-refractivity contribution in [1.82, 2.24) is 5.32 Å². The van der Waals surface area contributed by atoms with Crippen LogP contribution in [0.1, 0.15) is 24.0 Å². The van der Waals surface area contributed by atoms with E-state index in [2.05, 4.69) is 5.32 Å². The van der Waals surface area contributed by atoms with E-state index in [1.54, 1.807) is 24.7 Å². The summed E-state index contributed by atoms with van der Waals surface area (Å²) in [6.45, 7) is 0.218. The van der Waals surface area contributed by atoms with Crippen molar-refractivity contribution in [2.24, 2.45) is 5.92 Å². The van der Waals surface area contributed by atoms with Gasteiger partial charge in [-0.25, -0.2) is 0 Å². The van der Waals surface area contributed by atoms with Crippen LogP contribution >= 0.6 is 0 Å². The molecule has 1 aromatic heterocycles. The van der Waals surface area contributed by atoms with Gasteiger partial charge in [-0.15, -0.1) is 0 Å². The topological polar surface area (TPSA) is 62.5 Å². The zero-order valence-corrected chi connectivity index (χ0v) is 12.2. The van der Waals surface area contributed by atoms with Crippen LogP contribution in [0.5, 0.6) is 0 Å². The highest BCUT2D eigenvalue weighted by Gasteiger charge is 2.45.